The van der Waals surface area contributed by atoms with Gasteiger partial charge in [0.1, 0.15) is 0 Å². The first-order valence-corrected chi connectivity index (χ1v) is 8.66. The third kappa shape index (κ3) is 6.76. The van der Waals surface area contributed by atoms with Crippen LogP contribution in [0.5, 0.6) is 0 Å². The third-order valence-electron chi connectivity index (χ3n) is 4.54. The molecule has 0 heterocycles. The van der Waals surface area contributed by atoms with Crippen molar-refractivity contribution in [2.24, 2.45) is 11.7 Å². The molecule has 0 aromatic carbocycles. The summed E-state index contributed by atoms with van der Waals surface area (Å²) < 4.78 is 6.00. The maximum atomic E-state index is 6.42. The van der Waals surface area contributed by atoms with Gasteiger partial charge in [0.15, 0.2) is 0 Å². The topological polar surface area (TPSA) is 35.2 Å². The van der Waals surface area contributed by atoms with Gasteiger partial charge in [0.05, 0.1) is 6.10 Å². The zero-order chi connectivity index (χ0) is 13.9. The number of ether oxygens (including phenoxy) is 1. The van der Waals surface area contributed by atoms with E-state index in [2.05, 4.69) is 13.8 Å². The fraction of sp³-hybridized carbons (Fsp3) is 1.00. The molecule has 0 radical (unpaired) electrons. The average Bonchev–Trinajstić information content (AvgIpc) is 2.45. The molecule has 0 aromatic heterocycles. The summed E-state index contributed by atoms with van der Waals surface area (Å²) >= 11 is 0. The Kier molecular flexibility index (Phi) is 9.54. The second-order valence-electron chi connectivity index (χ2n) is 6.18. The monoisotopic (exact) mass is 269 g/mol. The molecule has 19 heavy (non-hydrogen) atoms. The van der Waals surface area contributed by atoms with Gasteiger partial charge in [0.2, 0.25) is 0 Å². The first kappa shape index (κ1) is 17.0. The first-order valence-electron chi connectivity index (χ1n) is 8.66. The molecule has 1 aliphatic carbocycles. The van der Waals surface area contributed by atoms with E-state index in [1.54, 1.807) is 0 Å². The predicted octanol–water partition coefficient (Wildman–Crippen LogP) is 4.66. The molecule has 0 aliphatic heterocycles. The Morgan fingerprint density at radius 2 is 1.68 bits per heavy atom. The maximum absolute atomic E-state index is 6.42. The largest absolute Gasteiger partial charge is 0.377 e. The van der Waals surface area contributed by atoms with E-state index in [0.717, 1.165) is 18.9 Å². The van der Waals surface area contributed by atoms with E-state index in [-0.39, 0.29) is 6.04 Å². The van der Waals surface area contributed by atoms with Crippen LogP contribution >= 0.6 is 0 Å². The van der Waals surface area contributed by atoms with Crippen LogP contribution in [-0.4, -0.2) is 18.8 Å². The fourth-order valence-corrected chi connectivity index (χ4v) is 3.41. The lowest BCUT2D eigenvalue weighted by atomic mass is 9.81. The highest BCUT2D eigenvalue weighted by Crippen LogP contribution is 2.30. The summed E-state index contributed by atoms with van der Waals surface area (Å²) in [5, 5.41) is 0. The van der Waals surface area contributed by atoms with E-state index < -0.39 is 0 Å². The maximum Gasteiger partial charge on any atom is 0.0753 e. The SMILES string of the molecule is CCCCCCCC(N)C(OCC)C1CCCCC1. The van der Waals surface area contributed by atoms with Crippen molar-refractivity contribution in [1.29, 1.82) is 0 Å². The van der Waals surface area contributed by atoms with Crippen LogP contribution in [0.2, 0.25) is 0 Å². The standard InChI is InChI=1S/C17H35NO/c1-3-5-6-7-11-14-16(18)17(19-4-2)15-12-9-8-10-13-15/h15-17H,3-14,18H2,1-2H3. The molecule has 2 N–H and O–H groups in total. The molecule has 1 rings (SSSR count). The lowest BCUT2D eigenvalue weighted by Crippen LogP contribution is -2.42. The van der Waals surface area contributed by atoms with Crippen molar-refractivity contribution in [3.63, 3.8) is 0 Å². The molecule has 0 saturated heterocycles. The molecule has 1 fully saturated rings. The van der Waals surface area contributed by atoms with Gasteiger partial charge in [-0.05, 0) is 32.1 Å². The number of hydrogen-bond donors (Lipinski definition) is 1. The van der Waals surface area contributed by atoms with Crippen LogP contribution in [-0.2, 0) is 4.74 Å². The van der Waals surface area contributed by atoms with Gasteiger partial charge in [-0.25, -0.2) is 0 Å². The second kappa shape index (κ2) is 10.7. The number of hydrogen-bond acceptors (Lipinski definition) is 2. The molecule has 0 amide bonds. The fourth-order valence-electron chi connectivity index (χ4n) is 3.41. The Bertz CT molecular complexity index is 201. The molecule has 2 heteroatoms. The number of nitrogens with two attached hydrogens (primary N) is 1. The van der Waals surface area contributed by atoms with E-state index >= 15 is 0 Å². The highest BCUT2D eigenvalue weighted by molar-refractivity contribution is 4.82. The van der Waals surface area contributed by atoms with Crippen LogP contribution in [0.15, 0.2) is 0 Å². The van der Waals surface area contributed by atoms with E-state index in [9.17, 15) is 0 Å². The molecule has 114 valence electrons. The first-order chi connectivity index (χ1) is 9.29. The van der Waals surface area contributed by atoms with Gasteiger partial charge in [0.25, 0.3) is 0 Å². The highest BCUT2D eigenvalue weighted by Gasteiger charge is 2.28. The van der Waals surface area contributed by atoms with Gasteiger partial charge < -0.3 is 10.5 Å². The van der Waals surface area contributed by atoms with Gasteiger partial charge in [-0.15, -0.1) is 0 Å². The molecular formula is C17H35NO. The third-order valence-corrected chi connectivity index (χ3v) is 4.54. The molecule has 0 aromatic rings. The van der Waals surface area contributed by atoms with Crippen LogP contribution in [0.3, 0.4) is 0 Å². The van der Waals surface area contributed by atoms with Crippen LogP contribution in [0.1, 0.15) is 84.5 Å². The van der Waals surface area contributed by atoms with Crippen LogP contribution in [0, 0.1) is 5.92 Å². The van der Waals surface area contributed by atoms with Crippen molar-refractivity contribution < 1.29 is 4.74 Å². The van der Waals surface area contributed by atoms with Crippen molar-refractivity contribution in [2.45, 2.75) is 96.6 Å². The smallest absolute Gasteiger partial charge is 0.0753 e. The molecule has 2 atom stereocenters. The summed E-state index contributed by atoms with van der Waals surface area (Å²) in [6, 6.07) is 0.254. The van der Waals surface area contributed by atoms with E-state index in [1.165, 1.54) is 64.2 Å². The molecule has 1 aliphatic rings. The minimum absolute atomic E-state index is 0.254. The summed E-state index contributed by atoms with van der Waals surface area (Å²) in [7, 11) is 0. The Hall–Kier alpha value is -0.0800. The van der Waals surface area contributed by atoms with E-state index in [1.807, 2.05) is 0 Å². The molecule has 0 bridgehead atoms. The van der Waals surface area contributed by atoms with Gasteiger partial charge in [-0.3, -0.25) is 0 Å². The van der Waals surface area contributed by atoms with E-state index in [0.29, 0.717) is 6.10 Å². The van der Waals surface area contributed by atoms with Crippen LogP contribution in [0.25, 0.3) is 0 Å². The zero-order valence-electron chi connectivity index (χ0n) is 13.2. The normalized spacial score (nSPS) is 20.4. The molecule has 2 unspecified atom stereocenters. The minimum atomic E-state index is 0.254. The van der Waals surface area contributed by atoms with Crippen molar-refractivity contribution in [3.05, 3.63) is 0 Å². The highest BCUT2D eigenvalue weighted by atomic mass is 16.5. The summed E-state index contributed by atoms with van der Waals surface area (Å²) in [5.74, 6) is 0.722. The van der Waals surface area contributed by atoms with E-state index in [4.69, 9.17) is 10.5 Å². The minimum Gasteiger partial charge on any atom is -0.377 e. The lowest BCUT2D eigenvalue weighted by molar-refractivity contribution is -0.0113. The number of rotatable bonds is 10. The number of unbranched alkanes of at least 4 members (excludes halogenated alkanes) is 4. The average molecular weight is 269 g/mol. The summed E-state index contributed by atoms with van der Waals surface area (Å²) in [5.41, 5.74) is 6.42. The van der Waals surface area contributed by atoms with Crippen molar-refractivity contribution in [2.75, 3.05) is 6.61 Å². The van der Waals surface area contributed by atoms with Crippen molar-refractivity contribution in [3.8, 4) is 0 Å². The Balaban J connectivity index is 2.28. The Labute approximate surface area is 120 Å². The zero-order valence-corrected chi connectivity index (χ0v) is 13.2. The van der Waals surface area contributed by atoms with Gasteiger partial charge in [-0.1, -0.05) is 58.3 Å². The van der Waals surface area contributed by atoms with Gasteiger partial charge in [-0.2, -0.15) is 0 Å². The Morgan fingerprint density at radius 3 is 2.32 bits per heavy atom. The molecule has 2 nitrogen and oxygen atoms in total. The summed E-state index contributed by atoms with van der Waals surface area (Å²) in [6.45, 7) is 5.18. The molecule has 1 saturated carbocycles. The summed E-state index contributed by atoms with van der Waals surface area (Å²) in [6.07, 6.45) is 14.9. The second-order valence-corrected chi connectivity index (χ2v) is 6.18. The summed E-state index contributed by atoms with van der Waals surface area (Å²) in [4.78, 5) is 0. The van der Waals surface area contributed by atoms with Gasteiger partial charge >= 0.3 is 0 Å². The quantitative estimate of drug-likeness (QED) is 0.585. The van der Waals surface area contributed by atoms with Crippen molar-refractivity contribution in [1.82, 2.24) is 0 Å². The molecule has 0 spiro atoms. The Morgan fingerprint density at radius 1 is 1.00 bits per heavy atom. The van der Waals surface area contributed by atoms with Gasteiger partial charge in [0, 0.05) is 12.6 Å². The molecular weight excluding hydrogens is 234 g/mol. The van der Waals surface area contributed by atoms with Crippen molar-refractivity contribution >= 4 is 0 Å². The van der Waals surface area contributed by atoms with Crippen LogP contribution < -0.4 is 5.73 Å². The predicted molar refractivity (Wildman–Crippen MR) is 83.3 cm³/mol. The lowest BCUT2D eigenvalue weighted by Gasteiger charge is -2.34. The van der Waals surface area contributed by atoms with Crippen LogP contribution in [0.4, 0.5) is 0 Å².